The van der Waals surface area contributed by atoms with E-state index in [1.807, 2.05) is 31.0 Å². The van der Waals surface area contributed by atoms with E-state index >= 15 is 0 Å². The molecule has 4 heteroatoms. The third-order valence-corrected chi connectivity index (χ3v) is 2.85. The maximum atomic E-state index is 11.2. The van der Waals surface area contributed by atoms with Crippen LogP contribution in [0.15, 0.2) is 41.2 Å². The standard InChI is InChI=1S/C14H15NO3/c1-10-4-3-5-12(14(16)17)13(10)15(2)8-11-6-7-18-9-11/h3-7,9H,8H2,1-2H3,(H,16,17). The summed E-state index contributed by atoms with van der Waals surface area (Å²) in [5.41, 5.74) is 3.02. The van der Waals surface area contributed by atoms with E-state index in [1.165, 1.54) is 0 Å². The van der Waals surface area contributed by atoms with Gasteiger partial charge >= 0.3 is 5.97 Å². The van der Waals surface area contributed by atoms with Crippen LogP contribution in [-0.2, 0) is 6.54 Å². The quantitative estimate of drug-likeness (QED) is 0.899. The van der Waals surface area contributed by atoms with Crippen LogP contribution in [0.25, 0.3) is 0 Å². The number of nitrogens with zero attached hydrogens (tertiary/aromatic N) is 1. The molecule has 0 amide bonds. The summed E-state index contributed by atoms with van der Waals surface area (Å²) in [4.78, 5) is 13.2. The SMILES string of the molecule is Cc1cccc(C(=O)O)c1N(C)Cc1ccoc1. The highest BCUT2D eigenvalue weighted by Gasteiger charge is 2.15. The molecule has 1 aromatic heterocycles. The molecule has 0 saturated heterocycles. The molecule has 0 aliphatic carbocycles. The molecule has 0 spiro atoms. The maximum absolute atomic E-state index is 11.2. The lowest BCUT2D eigenvalue weighted by molar-refractivity contribution is 0.0697. The van der Waals surface area contributed by atoms with E-state index in [0.717, 1.165) is 16.8 Å². The van der Waals surface area contributed by atoms with Gasteiger partial charge in [-0.3, -0.25) is 0 Å². The molecule has 18 heavy (non-hydrogen) atoms. The molecular formula is C14H15NO3. The van der Waals surface area contributed by atoms with E-state index in [1.54, 1.807) is 24.7 Å². The number of aryl methyl sites for hydroxylation is 1. The van der Waals surface area contributed by atoms with Crippen molar-refractivity contribution in [2.24, 2.45) is 0 Å². The van der Waals surface area contributed by atoms with Gasteiger partial charge in [-0.25, -0.2) is 4.79 Å². The Labute approximate surface area is 105 Å². The van der Waals surface area contributed by atoms with Gasteiger partial charge in [0.1, 0.15) is 0 Å². The monoisotopic (exact) mass is 245 g/mol. The third kappa shape index (κ3) is 2.37. The van der Waals surface area contributed by atoms with Gasteiger partial charge in [0.05, 0.1) is 23.8 Å². The van der Waals surface area contributed by atoms with Crippen molar-refractivity contribution in [3.05, 3.63) is 53.5 Å². The molecule has 0 bridgehead atoms. The highest BCUT2D eigenvalue weighted by molar-refractivity contribution is 5.95. The number of anilines is 1. The summed E-state index contributed by atoms with van der Waals surface area (Å²) in [6.07, 6.45) is 3.27. The normalized spacial score (nSPS) is 10.3. The zero-order chi connectivity index (χ0) is 13.1. The number of para-hydroxylation sites is 1. The molecule has 2 aromatic rings. The highest BCUT2D eigenvalue weighted by Crippen LogP contribution is 2.25. The average Bonchev–Trinajstić information content (AvgIpc) is 2.81. The lowest BCUT2D eigenvalue weighted by Gasteiger charge is -2.22. The topological polar surface area (TPSA) is 53.7 Å². The number of benzene rings is 1. The third-order valence-electron chi connectivity index (χ3n) is 2.85. The number of carbonyl (C=O) groups is 1. The van der Waals surface area contributed by atoms with Crippen molar-refractivity contribution in [1.29, 1.82) is 0 Å². The lowest BCUT2D eigenvalue weighted by Crippen LogP contribution is -2.20. The first-order chi connectivity index (χ1) is 8.59. The van der Waals surface area contributed by atoms with Crippen molar-refractivity contribution in [3.8, 4) is 0 Å². The number of furan rings is 1. The molecule has 1 aromatic carbocycles. The smallest absolute Gasteiger partial charge is 0.337 e. The number of rotatable bonds is 4. The van der Waals surface area contributed by atoms with Crippen molar-refractivity contribution >= 4 is 11.7 Å². The van der Waals surface area contributed by atoms with E-state index < -0.39 is 5.97 Å². The summed E-state index contributed by atoms with van der Waals surface area (Å²) in [5, 5.41) is 9.22. The Bertz CT molecular complexity index is 546. The van der Waals surface area contributed by atoms with Crippen molar-refractivity contribution in [2.75, 3.05) is 11.9 Å². The van der Waals surface area contributed by atoms with Gasteiger partial charge in [0, 0.05) is 19.2 Å². The number of carboxylic acid groups (broad SMARTS) is 1. The number of hydrogen-bond acceptors (Lipinski definition) is 3. The first-order valence-corrected chi connectivity index (χ1v) is 5.64. The van der Waals surface area contributed by atoms with Gasteiger partial charge in [-0.15, -0.1) is 0 Å². The summed E-state index contributed by atoms with van der Waals surface area (Å²) in [5.74, 6) is -0.909. The summed E-state index contributed by atoms with van der Waals surface area (Å²) in [6.45, 7) is 2.52. The molecular weight excluding hydrogens is 230 g/mol. The van der Waals surface area contributed by atoms with E-state index in [9.17, 15) is 9.90 Å². The Morgan fingerprint density at radius 1 is 1.39 bits per heavy atom. The fourth-order valence-corrected chi connectivity index (χ4v) is 2.07. The van der Waals surface area contributed by atoms with Crippen molar-refractivity contribution in [2.45, 2.75) is 13.5 Å². The van der Waals surface area contributed by atoms with Gasteiger partial charge < -0.3 is 14.4 Å². The summed E-state index contributed by atoms with van der Waals surface area (Å²) in [6, 6.07) is 7.16. The van der Waals surface area contributed by atoms with Gasteiger partial charge in [0.25, 0.3) is 0 Å². The van der Waals surface area contributed by atoms with Gasteiger partial charge in [-0.1, -0.05) is 12.1 Å². The Hall–Kier alpha value is -2.23. The van der Waals surface area contributed by atoms with Gasteiger partial charge in [-0.05, 0) is 24.6 Å². The highest BCUT2D eigenvalue weighted by atomic mass is 16.4. The van der Waals surface area contributed by atoms with Crippen LogP contribution >= 0.6 is 0 Å². The van der Waals surface area contributed by atoms with E-state index in [0.29, 0.717) is 12.1 Å². The Morgan fingerprint density at radius 3 is 2.78 bits per heavy atom. The maximum Gasteiger partial charge on any atom is 0.337 e. The van der Waals surface area contributed by atoms with Crippen molar-refractivity contribution in [1.82, 2.24) is 0 Å². The first-order valence-electron chi connectivity index (χ1n) is 5.64. The Morgan fingerprint density at radius 2 is 2.17 bits per heavy atom. The molecule has 2 rings (SSSR count). The molecule has 0 fully saturated rings. The second-order valence-electron chi connectivity index (χ2n) is 4.26. The van der Waals surface area contributed by atoms with E-state index in [4.69, 9.17) is 4.42 Å². The zero-order valence-corrected chi connectivity index (χ0v) is 10.4. The van der Waals surface area contributed by atoms with Gasteiger partial charge in [0.2, 0.25) is 0 Å². The molecule has 1 heterocycles. The molecule has 0 aliphatic heterocycles. The van der Waals surface area contributed by atoms with Crippen LogP contribution in [0.1, 0.15) is 21.5 Å². The lowest BCUT2D eigenvalue weighted by atomic mass is 10.1. The van der Waals surface area contributed by atoms with Crippen LogP contribution in [-0.4, -0.2) is 18.1 Å². The number of carboxylic acids is 1. The van der Waals surface area contributed by atoms with Crippen LogP contribution in [0.2, 0.25) is 0 Å². The average molecular weight is 245 g/mol. The van der Waals surface area contributed by atoms with Crippen LogP contribution in [0, 0.1) is 6.92 Å². The van der Waals surface area contributed by atoms with Crippen molar-refractivity contribution < 1.29 is 14.3 Å². The van der Waals surface area contributed by atoms with Gasteiger partial charge in [-0.2, -0.15) is 0 Å². The minimum absolute atomic E-state index is 0.320. The van der Waals surface area contributed by atoms with Crippen LogP contribution in [0.4, 0.5) is 5.69 Å². The predicted octanol–water partition coefficient (Wildman–Crippen LogP) is 2.92. The second-order valence-corrected chi connectivity index (χ2v) is 4.26. The summed E-state index contributed by atoms with van der Waals surface area (Å²) >= 11 is 0. The number of hydrogen-bond donors (Lipinski definition) is 1. The van der Waals surface area contributed by atoms with Gasteiger partial charge in [0.15, 0.2) is 0 Å². The molecule has 1 N–H and O–H groups in total. The molecule has 4 nitrogen and oxygen atoms in total. The second kappa shape index (κ2) is 4.96. The van der Waals surface area contributed by atoms with Crippen LogP contribution in [0.3, 0.4) is 0 Å². The minimum Gasteiger partial charge on any atom is -0.478 e. The van der Waals surface area contributed by atoms with Crippen LogP contribution in [0.5, 0.6) is 0 Å². The summed E-state index contributed by atoms with van der Waals surface area (Å²) in [7, 11) is 1.88. The molecule has 0 unspecified atom stereocenters. The van der Waals surface area contributed by atoms with E-state index in [2.05, 4.69) is 0 Å². The van der Waals surface area contributed by atoms with Crippen LogP contribution < -0.4 is 4.90 Å². The Kier molecular flexibility index (Phi) is 3.37. The Balaban J connectivity index is 2.34. The molecule has 0 radical (unpaired) electrons. The predicted molar refractivity (Wildman–Crippen MR) is 69.0 cm³/mol. The molecule has 0 saturated carbocycles. The molecule has 0 atom stereocenters. The zero-order valence-electron chi connectivity index (χ0n) is 10.4. The van der Waals surface area contributed by atoms with Crippen molar-refractivity contribution in [3.63, 3.8) is 0 Å². The molecule has 94 valence electrons. The van der Waals surface area contributed by atoms with E-state index in [-0.39, 0.29) is 0 Å². The summed E-state index contributed by atoms with van der Waals surface area (Å²) < 4.78 is 5.02. The first kappa shape index (κ1) is 12.2. The fourth-order valence-electron chi connectivity index (χ4n) is 2.07. The number of aromatic carboxylic acids is 1. The fraction of sp³-hybridized carbons (Fsp3) is 0.214. The largest absolute Gasteiger partial charge is 0.478 e. The minimum atomic E-state index is -0.909. The molecule has 0 aliphatic rings.